The second-order valence-corrected chi connectivity index (χ2v) is 4.26. The minimum atomic E-state index is -0.603. The van der Waals surface area contributed by atoms with Gasteiger partial charge in [-0.15, -0.1) is 0 Å². The van der Waals surface area contributed by atoms with Gasteiger partial charge in [-0.25, -0.2) is 0 Å². The first-order valence-corrected chi connectivity index (χ1v) is 5.42. The van der Waals surface area contributed by atoms with E-state index in [0.717, 1.165) is 0 Å². The number of nitro groups is 1. The SMILES string of the molecule is CC(=O)CC(=O)Nc1ccc(Br)cc1[N+](=O)[O-]. The number of carbonyl (C=O) groups excluding carboxylic acids is 2. The van der Waals surface area contributed by atoms with Gasteiger partial charge in [-0.2, -0.15) is 0 Å². The van der Waals surface area contributed by atoms with E-state index in [-0.39, 0.29) is 23.6 Å². The summed E-state index contributed by atoms with van der Waals surface area (Å²) in [5, 5.41) is 13.1. The third-order valence-corrected chi connectivity index (χ3v) is 2.33. The Kier molecular flexibility index (Phi) is 4.33. The summed E-state index contributed by atoms with van der Waals surface area (Å²) in [7, 11) is 0. The lowest BCUT2D eigenvalue weighted by molar-refractivity contribution is -0.384. The summed E-state index contributed by atoms with van der Waals surface area (Å²) in [5.74, 6) is -0.870. The second-order valence-electron chi connectivity index (χ2n) is 3.35. The van der Waals surface area contributed by atoms with E-state index in [2.05, 4.69) is 21.2 Å². The maximum atomic E-state index is 11.3. The van der Waals surface area contributed by atoms with Crippen LogP contribution in [0.4, 0.5) is 11.4 Å². The van der Waals surface area contributed by atoms with Gasteiger partial charge in [0.2, 0.25) is 5.91 Å². The van der Waals surface area contributed by atoms with Crippen molar-refractivity contribution in [3.8, 4) is 0 Å². The highest BCUT2D eigenvalue weighted by Gasteiger charge is 2.16. The van der Waals surface area contributed by atoms with Crippen LogP contribution in [-0.2, 0) is 9.59 Å². The minimum absolute atomic E-state index is 0.0736. The zero-order valence-electron chi connectivity index (χ0n) is 8.90. The van der Waals surface area contributed by atoms with Gasteiger partial charge < -0.3 is 5.32 Å². The summed E-state index contributed by atoms with van der Waals surface area (Å²) in [6.45, 7) is 1.27. The number of Topliss-reactive ketones (excluding diaryl/α,β-unsaturated/α-hetero) is 1. The highest BCUT2D eigenvalue weighted by molar-refractivity contribution is 9.10. The molecule has 90 valence electrons. The molecule has 0 aliphatic carbocycles. The first kappa shape index (κ1) is 13.3. The predicted molar refractivity (Wildman–Crippen MR) is 64.7 cm³/mol. The van der Waals surface area contributed by atoms with Crippen molar-refractivity contribution in [3.05, 3.63) is 32.8 Å². The largest absolute Gasteiger partial charge is 0.320 e. The van der Waals surface area contributed by atoms with Crippen LogP contribution in [0.25, 0.3) is 0 Å². The first-order chi connectivity index (χ1) is 7.90. The van der Waals surface area contributed by atoms with Crippen molar-refractivity contribution in [2.75, 3.05) is 5.32 Å². The van der Waals surface area contributed by atoms with Crippen molar-refractivity contribution in [3.63, 3.8) is 0 Å². The molecule has 0 radical (unpaired) electrons. The molecule has 0 aliphatic rings. The lowest BCUT2D eigenvalue weighted by atomic mass is 10.2. The minimum Gasteiger partial charge on any atom is -0.320 e. The van der Waals surface area contributed by atoms with Crippen LogP contribution >= 0.6 is 15.9 Å². The fourth-order valence-electron chi connectivity index (χ4n) is 1.18. The second kappa shape index (κ2) is 5.53. The van der Waals surface area contributed by atoms with E-state index < -0.39 is 10.8 Å². The molecule has 0 fully saturated rings. The molecule has 0 saturated carbocycles. The number of rotatable bonds is 4. The number of ketones is 1. The van der Waals surface area contributed by atoms with Crippen molar-refractivity contribution in [2.24, 2.45) is 0 Å². The monoisotopic (exact) mass is 300 g/mol. The van der Waals surface area contributed by atoms with E-state index in [9.17, 15) is 19.7 Å². The summed E-state index contributed by atoms with van der Waals surface area (Å²) in [6.07, 6.45) is -0.298. The zero-order valence-corrected chi connectivity index (χ0v) is 10.5. The van der Waals surface area contributed by atoms with Gasteiger partial charge >= 0.3 is 0 Å². The number of benzene rings is 1. The Labute approximate surface area is 105 Å². The number of nitrogens with zero attached hydrogens (tertiary/aromatic N) is 1. The van der Waals surface area contributed by atoms with E-state index in [1.807, 2.05) is 0 Å². The standard InChI is InChI=1S/C10H9BrN2O4/c1-6(14)4-10(15)12-8-3-2-7(11)5-9(8)13(16)17/h2-3,5H,4H2,1H3,(H,12,15). The zero-order chi connectivity index (χ0) is 13.0. The molecule has 0 aromatic heterocycles. The van der Waals surface area contributed by atoms with Crippen molar-refractivity contribution in [1.82, 2.24) is 0 Å². The fraction of sp³-hybridized carbons (Fsp3) is 0.200. The fourth-order valence-corrected chi connectivity index (χ4v) is 1.53. The Morgan fingerprint density at radius 2 is 2.12 bits per heavy atom. The summed E-state index contributed by atoms with van der Waals surface area (Å²) >= 11 is 3.10. The third-order valence-electron chi connectivity index (χ3n) is 1.84. The average Bonchev–Trinajstić information content (AvgIpc) is 2.19. The highest BCUT2D eigenvalue weighted by Crippen LogP contribution is 2.27. The third kappa shape index (κ3) is 3.95. The number of amides is 1. The van der Waals surface area contributed by atoms with Crippen LogP contribution in [0.1, 0.15) is 13.3 Å². The molecule has 6 nitrogen and oxygen atoms in total. The molecule has 1 aromatic rings. The highest BCUT2D eigenvalue weighted by atomic mass is 79.9. The first-order valence-electron chi connectivity index (χ1n) is 4.63. The van der Waals surface area contributed by atoms with E-state index >= 15 is 0 Å². The quantitative estimate of drug-likeness (QED) is 0.525. The molecule has 1 N–H and O–H groups in total. The van der Waals surface area contributed by atoms with E-state index in [0.29, 0.717) is 4.47 Å². The molecule has 1 aromatic carbocycles. The van der Waals surface area contributed by atoms with Gasteiger partial charge in [0.15, 0.2) is 0 Å². The van der Waals surface area contributed by atoms with Crippen molar-refractivity contribution < 1.29 is 14.5 Å². The van der Waals surface area contributed by atoms with E-state index in [1.165, 1.54) is 19.1 Å². The molecular weight excluding hydrogens is 292 g/mol. The van der Waals surface area contributed by atoms with Crippen molar-refractivity contribution >= 4 is 39.0 Å². The number of nitro benzene ring substituents is 1. The van der Waals surface area contributed by atoms with Crippen LogP contribution in [0.2, 0.25) is 0 Å². The molecule has 0 saturated heterocycles. The number of hydrogen-bond acceptors (Lipinski definition) is 4. The van der Waals surface area contributed by atoms with Gasteiger partial charge in [0.25, 0.3) is 5.69 Å². The predicted octanol–water partition coefficient (Wildman–Crippen LogP) is 2.27. The van der Waals surface area contributed by atoms with Gasteiger partial charge in [0, 0.05) is 10.5 Å². The smallest absolute Gasteiger partial charge is 0.293 e. The number of hydrogen-bond donors (Lipinski definition) is 1. The van der Waals surface area contributed by atoms with Crippen molar-refractivity contribution in [1.29, 1.82) is 0 Å². The topological polar surface area (TPSA) is 89.3 Å². The number of anilines is 1. The summed E-state index contributed by atoms with van der Waals surface area (Å²) in [5.41, 5.74) is -0.152. The Hall–Kier alpha value is -1.76. The lowest BCUT2D eigenvalue weighted by Gasteiger charge is -2.05. The van der Waals surface area contributed by atoms with Gasteiger partial charge in [0.05, 0.1) is 11.3 Å². The Balaban J connectivity index is 2.94. The maximum Gasteiger partial charge on any atom is 0.293 e. The van der Waals surface area contributed by atoms with Gasteiger partial charge in [-0.05, 0) is 19.1 Å². The molecule has 0 spiro atoms. The Morgan fingerprint density at radius 1 is 1.47 bits per heavy atom. The van der Waals surface area contributed by atoms with Crippen LogP contribution in [0.5, 0.6) is 0 Å². The lowest BCUT2D eigenvalue weighted by Crippen LogP contribution is -2.15. The molecular formula is C10H9BrN2O4. The van der Waals surface area contributed by atoms with E-state index in [1.54, 1.807) is 6.07 Å². The average molecular weight is 301 g/mol. The van der Waals surface area contributed by atoms with Crippen LogP contribution in [0, 0.1) is 10.1 Å². The Morgan fingerprint density at radius 3 is 2.65 bits per heavy atom. The van der Waals surface area contributed by atoms with Gasteiger partial charge in [-0.1, -0.05) is 15.9 Å². The van der Waals surface area contributed by atoms with Gasteiger partial charge in [0.1, 0.15) is 11.5 Å². The van der Waals surface area contributed by atoms with Crippen LogP contribution in [-0.4, -0.2) is 16.6 Å². The molecule has 0 heterocycles. The van der Waals surface area contributed by atoms with Crippen LogP contribution < -0.4 is 5.32 Å². The number of carbonyl (C=O) groups is 2. The van der Waals surface area contributed by atoms with Crippen LogP contribution in [0.15, 0.2) is 22.7 Å². The molecule has 1 amide bonds. The molecule has 0 unspecified atom stereocenters. The maximum absolute atomic E-state index is 11.3. The molecule has 0 atom stereocenters. The molecule has 0 bridgehead atoms. The van der Waals surface area contributed by atoms with Crippen molar-refractivity contribution in [2.45, 2.75) is 13.3 Å². The summed E-state index contributed by atoms with van der Waals surface area (Å²) < 4.78 is 0.536. The normalized spacial score (nSPS) is 9.76. The summed E-state index contributed by atoms with van der Waals surface area (Å²) in [6, 6.07) is 4.25. The molecule has 0 aliphatic heterocycles. The number of halogens is 1. The van der Waals surface area contributed by atoms with E-state index in [4.69, 9.17) is 0 Å². The molecule has 7 heteroatoms. The molecule has 1 rings (SSSR count). The van der Waals surface area contributed by atoms with Gasteiger partial charge in [-0.3, -0.25) is 19.7 Å². The van der Waals surface area contributed by atoms with Crippen LogP contribution in [0.3, 0.4) is 0 Å². The Bertz CT molecular complexity index is 487. The molecule has 17 heavy (non-hydrogen) atoms. The number of nitrogens with one attached hydrogen (secondary N) is 1. The summed E-state index contributed by atoms with van der Waals surface area (Å²) in [4.78, 5) is 32.2.